The van der Waals surface area contributed by atoms with E-state index in [9.17, 15) is 4.79 Å². The van der Waals surface area contributed by atoms with Gasteiger partial charge in [-0.3, -0.25) is 4.79 Å². The first-order valence-corrected chi connectivity index (χ1v) is 6.72. The van der Waals surface area contributed by atoms with Crippen LogP contribution in [-0.4, -0.2) is 24.2 Å². The molecule has 0 aliphatic carbocycles. The molecule has 0 fully saturated rings. The molecule has 0 heterocycles. The smallest absolute Gasteiger partial charge is 0.307 e. The molecule has 1 rings (SSSR count). The largest absolute Gasteiger partial charge is 0.493 e. The van der Waals surface area contributed by atoms with Crippen molar-refractivity contribution in [2.24, 2.45) is 17.6 Å². The summed E-state index contributed by atoms with van der Waals surface area (Å²) < 4.78 is 5.61. The van der Waals surface area contributed by atoms with E-state index in [0.717, 1.165) is 12.2 Å². The number of ether oxygens (including phenoxy) is 1. The summed E-state index contributed by atoms with van der Waals surface area (Å²) in [5.41, 5.74) is 5.41. The molecule has 4 nitrogen and oxygen atoms in total. The minimum atomic E-state index is -0.828. The lowest BCUT2D eigenvalue weighted by atomic mass is 9.97. The van der Waals surface area contributed by atoms with Crippen LogP contribution in [-0.2, 0) is 4.79 Å². The highest BCUT2D eigenvalue weighted by Gasteiger charge is 2.16. The van der Waals surface area contributed by atoms with Crippen LogP contribution in [0.15, 0.2) is 24.3 Å². The van der Waals surface area contributed by atoms with Gasteiger partial charge in [0.2, 0.25) is 0 Å². The zero-order valence-electron chi connectivity index (χ0n) is 11.0. The predicted molar refractivity (Wildman–Crippen MR) is 75.5 cm³/mol. The number of carbonyl (C=O) groups is 1. The van der Waals surface area contributed by atoms with E-state index in [1.165, 1.54) is 0 Å². The minimum absolute atomic E-state index is 0.178. The van der Waals surface area contributed by atoms with E-state index in [1.807, 2.05) is 19.1 Å². The Morgan fingerprint density at radius 3 is 2.79 bits per heavy atom. The van der Waals surface area contributed by atoms with Gasteiger partial charge in [-0.2, -0.15) is 0 Å². The van der Waals surface area contributed by atoms with Gasteiger partial charge in [0.25, 0.3) is 0 Å². The van der Waals surface area contributed by atoms with Gasteiger partial charge in [0.05, 0.1) is 12.5 Å². The number of hydrogen-bond donors (Lipinski definition) is 2. The van der Waals surface area contributed by atoms with Gasteiger partial charge >= 0.3 is 5.97 Å². The molecule has 0 aliphatic heterocycles. The summed E-state index contributed by atoms with van der Waals surface area (Å²) in [6.45, 7) is 2.74. The molecule has 0 spiro atoms. The van der Waals surface area contributed by atoms with E-state index in [2.05, 4.69) is 0 Å². The monoisotopic (exact) mass is 285 g/mol. The van der Waals surface area contributed by atoms with Crippen LogP contribution in [0.3, 0.4) is 0 Å². The normalized spacial score (nSPS) is 13.8. The van der Waals surface area contributed by atoms with Crippen LogP contribution >= 0.6 is 11.6 Å². The second-order valence-electron chi connectivity index (χ2n) is 4.72. The fourth-order valence-corrected chi connectivity index (χ4v) is 1.89. The molecule has 2 unspecified atom stereocenters. The van der Waals surface area contributed by atoms with Crippen molar-refractivity contribution in [1.82, 2.24) is 0 Å². The van der Waals surface area contributed by atoms with E-state index in [4.69, 9.17) is 27.2 Å². The second kappa shape index (κ2) is 8.02. The number of carboxylic acids is 1. The summed E-state index contributed by atoms with van der Waals surface area (Å²) in [5.74, 6) is -0.292. The van der Waals surface area contributed by atoms with Gasteiger partial charge in [-0.15, -0.1) is 0 Å². The van der Waals surface area contributed by atoms with E-state index in [0.29, 0.717) is 18.1 Å². The van der Waals surface area contributed by atoms with E-state index in [1.54, 1.807) is 12.1 Å². The van der Waals surface area contributed by atoms with Crippen LogP contribution in [0.2, 0.25) is 5.02 Å². The number of nitrogens with two attached hydrogens (primary N) is 1. The lowest BCUT2D eigenvalue weighted by Crippen LogP contribution is -2.24. The average Bonchev–Trinajstić information content (AvgIpc) is 2.37. The van der Waals surface area contributed by atoms with Crippen LogP contribution in [0.4, 0.5) is 0 Å². The molecule has 2 atom stereocenters. The number of carboxylic acid groups (broad SMARTS) is 1. The molecule has 19 heavy (non-hydrogen) atoms. The highest BCUT2D eigenvalue weighted by Crippen LogP contribution is 2.19. The Labute approximate surface area is 118 Å². The SMILES string of the molecule is CC(CCC(CN)C(=O)O)COc1cccc(Cl)c1. The molecule has 0 bridgehead atoms. The fraction of sp³-hybridized carbons (Fsp3) is 0.500. The minimum Gasteiger partial charge on any atom is -0.493 e. The molecule has 1 aromatic rings. The Hall–Kier alpha value is -1.26. The Bertz CT molecular complexity index is 411. The Morgan fingerprint density at radius 2 is 2.21 bits per heavy atom. The third-order valence-electron chi connectivity index (χ3n) is 2.97. The number of benzene rings is 1. The van der Waals surface area contributed by atoms with Crippen molar-refractivity contribution in [1.29, 1.82) is 0 Å². The number of halogens is 1. The molecule has 1 aromatic carbocycles. The maximum Gasteiger partial charge on any atom is 0.307 e. The van der Waals surface area contributed by atoms with Gasteiger partial charge in [-0.1, -0.05) is 24.6 Å². The zero-order chi connectivity index (χ0) is 14.3. The summed E-state index contributed by atoms with van der Waals surface area (Å²) in [4.78, 5) is 10.8. The van der Waals surface area contributed by atoms with Crippen LogP contribution in [0.25, 0.3) is 0 Å². The Morgan fingerprint density at radius 1 is 1.47 bits per heavy atom. The molecular formula is C14H20ClNO3. The van der Waals surface area contributed by atoms with Gasteiger partial charge in [0.15, 0.2) is 0 Å². The van der Waals surface area contributed by atoms with Gasteiger partial charge in [0.1, 0.15) is 5.75 Å². The topological polar surface area (TPSA) is 72.6 Å². The van der Waals surface area contributed by atoms with Gasteiger partial charge in [-0.05, 0) is 37.0 Å². The van der Waals surface area contributed by atoms with E-state index in [-0.39, 0.29) is 12.5 Å². The van der Waals surface area contributed by atoms with Gasteiger partial charge < -0.3 is 15.6 Å². The molecule has 3 N–H and O–H groups in total. The van der Waals surface area contributed by atoms with Gasteiger partial charge in [0, 0.05) is 11.6 Å². The lowest BCUT2D eigenvalue weighted by Gasteiger charge is -2.15. The third-order valence-corrected chi connectivity index (χ3v) is 3.21. The maximum absolute atomic E-state index is 10.8. The molecule has 5 heteroatoms. The molecule has 0 saturated carbocycles. The number of aliphatic carboxylic acids is 1. The Kier molecular flexibility index (Phi) is 6.67. The predicted octanol–water partition coefficient (Wildman–Crippen LogP) is 2.79. The number of rotatable bonds is 8. The Balaban J connectivity index is 2.31. The van der Waals surface area contributed by atoms with Crippen LogP contribution in [0, 0.1) is 11.8 Å². The fourth-order valence-electron chi connectivity index (χ4n) is 1.71. The first kappa shape index (κ1) is 15.8. The molecule has 0 aliphatic rings. The third kappa shape index (κ3) is 5.94. The van der Waals surface area contributed by atoms with Crippen molar-refractivity contribution in [2.75, 3.05) is 13.2 Å². The standard InChI is InChI=1S/C14H20ClNO3/c1-10(5-6-11(8-16)14(17)18)9-19-13-4-2-3-12(15)7-13/h2-4,7,10-11H,5-6,8-9,16H2,1H3,(H,17,18). The maximum atomic E-state index is 10.8. The summed E-state index contributed by atoms with van der Waals surface area (Å²) >= 11 is 5.86. The van der Waals surface area contributed by atoms with Crippen molar-refractivity contribution >= 4 is 17.6 Å². The van der Waals surface area contributed by atoms with Crippen LogP contribution in [0.1, 0.15) is 19.8 Å². The van der Waals surface area contributed by atoms with Gasteiger partial charge in [-0.25, -0.2) is 0 Å². The van der Waals surface area contributed by atoms with Crippen molar-refractivity contribution in [3.05, 3.63) is 29.3 Å². The summed E-state index contributed by atoms with van der Waals surface area (Å²) in [7, 11) is 0. The first-order chi connectivity index (χ1) is 9.02. The van der Waals surface area contributed by atoms with E-state index >= 15 is 0 Å². The van der Waals surface area contributed by atoms with Crippen LogP contribution in [0.5, 0.6) is 5.75 Å². The quantitative estimate of drug-likeness (QED) is 0.770. The molecule has 0 amide bonds. The van der Waals surface area contributed by atoms with Crippen molar-refractivity contribution in [3.63, 3.8) is 0 Å². The van der Waals surface area contributed by atoms with Crippen molar-refractivity contribution in [3.8, 4) is 5.75 Å². The van der Waals surface area contributed by atoms with E-state index < -0.39 is 11.9 Å². The number of hydrogen-bond acceptors (Lipinski definition) is 3. The van der Waals surface area contributed by atoms with Crippen molar-refractivity contribution < 1.29 is 14.6 Å². The molecule has 0 aromatic heterocycles. The first-order valence-electron chi connectivity index (χ1n) is 6.34. The summed E-state index contributed by atoms with van der Waals surface area (Å²) in [6, 6.07) is 7.22. The molecule has 0 radical (unpaired) electrons. The highest BCUT2D eigenvalue weighted by atomic mass is 35.5. The molecule has 0 saturated heterocycles. The molecular weight excluding hydrogens is 266 g/mol. The summed E-state index contributed by atoms with van der Waals surface area (Å²) in [5, 5.41) is 9.54. The zero-order valence-corrected chi connectivity index (χ0v) is 11.8. The van der Waals surface area contributed by atoms with Crippen LogP contribution < -0.4 is 10.5 Å². The lowest BCUT2D eigenvalue weighted by molar-refractivity contribution is -0.141. The second-order valence-corrected chi connectivity index (χ2v) is 5.16. The highest BCUT2D eigenvalue weighted by molar-refractivity contribution is 6.30. The average molecular weight is 286 g/mol. The molecule has 106 valence electrons. The summed E-state index contributed by atoms with van der Waals surface area (Å²) in [6.07, 6.45) is 1.35. The van der Waals surface area contributed by atoms with Crippen molar-refractivity contribution in [2.45, 2.75) is 19.8 Å².